The number of carbonyl (C=O) groups is 3. The predicted octanol–water partition coefficient (Wildman–Crippen LogP) is 2.92. The number of benzene rings is 1. The Kier molecular flexibility index (Phi) is 7.32. The van der Waals surface area contributed by atoms with Crippen LogP contribution in [0.2, 0.25) is 0 Å². The molecular formula is C30H37NO6. The highest BCUT2D eigenvalue weighted by Gasteiger charge is 2.68. The van der Waals surface area contributed by atoms with Crippen LogP contribution in [0.3, 0.4) is 0 Å². The van der Waals surface area contributed by atoms with Gasteiger partial charge in [0.2, 0.25) is 5.91 Å². The number of allylic oxidation sites excluding steroid dienone is 1. The van der Waals surface area contributed by atoms with Crippen LogP contribution in [0.4, 0.5) is 0 Å². The highest BCUT2D eigenvalue weighted by molar-refractivity contribution is 5.91. The van der Waals surface area contributed by atoms with E-state index in [0.717, 1.165) is 5.56 Å². The summed E-state index contributed by atoms with van der Waals surface area (Å²) in [5.41, 5.74) is -1.55. The molecule has 0 bridgehead atoms. The lowest BCUT2D eigenvalue weighted by atomic mass is 9.51. The number of hydrogen-bond donors (Lipinski definition) is 3. The van der Waals surface area contributed by atoms with Crippen molar-refractivity contribution in [3.05, 3.63) is 72.4 Å². The number of hydrogen-bond acceptors (Lipinski definition) is 6. The predicted molar refractivity (Wildman–Crippen MR) is 139 cm³/mol. The van der Waals surface area contributed by atoms with Crippen molar-refractivity contribution in [2.45, 2.75) is 64.4 Å². The van der Waals surface area contributed by atoms with E-state index in [2.05, 4.69) is 11.9 Å². The van der Waals surface area contributed by atoms with Crippen LogP contribution in [-0.4, -0.2) is 51.7 Å². The Bertz CT molecular complexity index is 1140. The number of esters is 1. The third kappa shape index (κ3) is 4.59. The van der Waals surface area contributed by atoms with Gasteiger partial charge in [-0.1, -0.05) is 62.9 Å². The Balaban J connectivity index is 1.94. The second kappa shape index (κ2) is 10.0. The zero-order chi connectivity index (χ0) is 27.1. The molecule has 0 aromatic heterocycles. The maximum absolute atomic E-state index is 14.2. The highest BCUT2D eigenvalue weighted by Crippen LogP contribution is 2.58. The molecule has 1 saturated carbocycles. The zero-order valence-electron chi connectivity index (χ0n) is 21.9. The van der Waals surface area contributed by atoms with Gasteiger partial charge in [0.25, 0.3) is 0 Å². The molecule has 1 spiro atoms. The number of ketones is 1. The molecule has 3 aliphatic rings. The number of ether oxygens (including phenoxy) is 1. The lowest BCUT2D eigenvalue weighted by Crippen LogP contribution is -2.60. The molecule has 4 rings (SSSR count). The van der Waals surface area contributed by atoms with Crippen molar-refractivity contribution in [3.63, 3.8) is 0 Å². The Labute approximate surface area is 218 Å². The summed E-state index contributed by atoms with van der Waals surface area (Å²) in [6.45, 7) is 10.5. The Morgan fingerprint density at radius 1 is 1.19 bits per heavy atom. The third-order valence-corrected chi connectivity index (χ3v) is 8.53. The van der Waals surface area contributed by atoms with Crippen molar-refractivity contribution in [1.29, 1.82) is 0 Å². The topological polar surface area (TPSA) is 113 Å². The van der Waals surface area contributed by atoms with Crippen LogP contribution in [0.15, 0.2) is 66.8 Å². The fourth-order valence-corrected chi connectivity index (χ4v) is 6.68. The largest absolute Gasteiger partial charge is 0.457 e. The van der Waals surface area contributed by atoms with E-state index in [1.54, 1.807) is 19.1 Å². The SMILES string of the molecule is C=C1[C@@H](C)[C@@H]2[C@@H](Cc3ccccc3)NC(=O)[C@@]23[C@@H](OC(C)=O)C=C[C@@](C)(O)C(=O)[C@@H](C)CC=C[C@H]3[C@@H]1O. The maximum atomic E-state index is 14.2. The van der Waals surface area contributed by atoms with Gasteiger partial charge in [0, 0.05) is 30.7 Å². The molecule has 7 heteroatoms. The Morgan fingerprint density at radius 3 is 2.51 bits per heavy atom. The van der Waals surface area contributed by atoms with Crippen LogP contribution >= 0.6 is 0 Å². The van der Waals surface area contributed by atoms with Crippen molar-refractivity contribution >= 4 is 17.7 Å². The summed E-state index contributed by atoms with van der Waals surface area (Å²) in [5.74, 6) is -3.26. The summed E-state index contributed by atoms with van der Waals surface area (Å²) >= 11 is 0. The van der Waals surface area contributed by atoms with Gasteiger partial charge in [-0.05, 0) is 49.0 Å². The van der Waals surface area contributed by atoms with Crippen LogP contribution in [-0.2, 0) is 25.5 Å². The van der Waals surface area contributed by atoms with Crippen molar-refractivity contribution in [1.82, 2.24) is 5.32 Å². The number of aliphatic hydroxyl groups excluding tert-OH is 1. The Hall–Kier alpha value is -3.03. The quantitative estimate of drug-likeness (QED) is 0.428. The van der Waals surface area contributed by atoms with Crippen LogP contribution in [0.1, 0.15) is 39.7 Å². The van der Waals surface area contributed by atoms with E-state index < -0.39 is 46.9 Å². The van der Waals surface area contributed by atoms with Crippen molar-refractivity contribution in [3.8, 4) is 0 Å². The summed E-state index contributed by atoms with van der Waals surface area (Å²) < 4.78 is 5.81. The molecule has 9 atom stereocenters. The second-order valence-corrected chi connectivity index (χ2v) is 11.0. The van der Waals surface area contributed by atoms with Gasteiger partial charge in [-0.2, -0.15) is 0 Å². The number of nitrogens with one attached hydrogen (secondary N) is 1. The van der Waals surface area contributed by atoms with E-state index in [1.165, 1.54) is 26.0 Å². The van der Waals surface area contributed by atoms with Crippen LogP contribution in [0.5, 0.6) is 0 Å². The van der Waals surface area contributed by atoms with E-state index in [9.17, 15) is 24.6 Å². The van der Waals surface area contributed by atoms with Gasteiger partial charge in [-0.15, -0.1) is 0 Å². The van der Waals surface area contributed by atoms with Crippen molar-refractivity contribution < 1.29 is 29.3 Å². The normalized spacial score (nSPS) is 39.8. The number of rotatable bonds is 3. The molecule has 1 heterocycles. The van der Waals surface area contributed by atoms with Gasteiger partial charge in [0.1, 0.15) is 17.1 Å². The minimum atomic E-state index is -1.82. The lowest BCUT2D eigenvalue weighted by molar-refractivity contribution is -0.166. The first-order chi connectivity index (χ1) is 17.4. The third-order valence-electron chi connectivity index (χ3n) is 8.53. The van der Waals surface area contributed by atoms with Gasteiger partial charge in [-0.3, -0.25) is 14.4 Å². The average Bonchev–Trinajstić information content (AvgIpc) is 3.13. The van der Waals surface area contributed by atoms with Crippen molar-refractivity contribution in [2.75, 3.05) is 0 Å². The zero-order valence-corrected chi connectivity index (χ0v) is 21.9. The Morgan fingerprint density at radius 2 is 1.86 bits per heavy atom. The molecular weight excluding hydrogens is 470 g/mol. The number of aliphatic hydroxyl groups is 2. The minimum Gasteiger partial charge on any atom is -0.457 e. The molecule has 1 aromatic rings. The summed E-state index contributed by atoms with van der Waals surface area (Å²) in [6.07, 6.45) is 5.01. The second-order valence-electron chi connectivity index (χ2n) is 11.0. The molecule has 3 N–H and O–H groups in total. The van der Waals surface area contributed by atoms with Gasteiger partial charge < -0.3 is 20.3 Å². The van der Waals surface area contributed by atoms with Crippen molar-refractivity contribution in [2.24, 2.45) is 29.1 Å². The number of carbonyl (C=O) groups excluding carboxylic acids is 3. The first kappa shape index (κ1) is 27.0. The highest BCUT2D eigenvalue weighted by atomic mass is 16.5. The van der Waals surface area contributed by atoms with E-state index >= 15 is 0 Å². The number of amides is 1. The lowest BCUT2D eigenvalue weighted by Gasteiger charge is -2.52. The molecule has 1 aromatic carbocycles. The summed E-state index contributed by atoms with van der Waals surface area (Å²) in [4.78, 5) is 39.5. The van der Waals surface area contributed by atoms with E-state index in [-0.39, 0.29) is 23.7 Å². The fraction of sp³-hybridized carbons (Fsp3) is 0.500. The summed E-state index contributed by atoms with van der Waals surface area (Å²) in [5, 5.41) is 25.7. The number of Topliss-reactive ketones (excluding diaryl/α,β-unsaturated/α-hetero) is 1. The molecule has 0 unspecified atom stereocenters. The van der Waals surface area contributed by atoms with Crippen LogP contribution in [0.25, 0.3) is 0 Å². The molecule has 0 radical (unpaired) electrons. The fourth-order valence-electron chi connectivity index (χ4n) is 6.68. The molecule has 7 nitrogen and oxygen atoms in total. The van der Waals surface area contributed by atoms with Crippen LogP contribution in [0, 0.1) is 29.1 Å². The standard InChI is InChI=1S/C30H37NO6/c1-17-10-9-13-22-26(33)19(3)18(2)25-23(16-21-11-7-6-8-12-21)31-28(35)30(22,25)24(37-20(4)32)14-15-29(5,36)27(17)34/h6-9,11-15,17-18,22-26,33,36H,3,10,16H2,1-2,4-5H3,(H,31,35)/t17-,18+,22-,23+,24-,25+,26+,29+,30-/m0/s1. The maximum Gasteiger partial charge on any atom is 0.303 e. The first-order valence-corrected chi connectivity index (χ1v) is 12.9. The monoisotopic (exact) mass is 507 g/mol. The summed E-state index contributed by atoms with van der Waals surface area (Å²) in [7, 11) is 0. The van der Waals surface area contributed by atoms with E-state index in [4.69, 9.17) is 4.74 Å². The molecule has 37 heavy (non-hydrogen) atoms. The molecule has 2 fully saturated rings. The van der Waals surface area contributed by atoms with Crippen LogP contribution < -0.4 is 5.32 Å². The van der Waals surface area contributed by atoms with Gasteiger partial charge in [0.15, 0.2) is 5.78 Å². The minimum absolute atomic E-state index is 0.287. The van der Waals surface area contributed by atoms with E-state index in [0.29, 0.717) is 18.4 Å². The van der Waals surface area contributed by atoms with Gasteiger partial charge in [0.05, 0.1) is 6.10 Å². The molecule has 1 saturated heterocycles. The van der Waals surface area contributed by atoms with Gasteiger partial charge in [-0.25, -0.2) is 0 Å². The smallest absolute Gasteiger partial charge is 0.303 e. The first-order valence-electron chi connectivity index (χ1n) is 12.9. The summed E-state index contributed by atoms with van der Waals surface area (Å²) in [6, 6.07) is 9.49. The van der Waals surface area contributed by atoms with E-state index in [1.807, 2.05) is 37.3 Å². The molecule has 2 aliphatic carbocycles. The van der Waals surface area contributed by atoms with Gasteiger partial charge >= 0.3 is 5.97 Å². The molecule has 1 aliphatic heterocycles. The molecule has 1 amide bonds. The average molecular weight is 508 g/mol. The molecule has 198 valence electrons.